The number of benzene rings is 9. The largest absolute Gasteiger partial charge is 0.310 e. The Balaban J connectivity index is 1.12. The highest BCUT2D eigenvalue weighted by molar-refractivity contribution is 6.17. The van der Waals surface area contributed by atoms with Crippen molar-refractivity contribution in [2.24, 2.45) is 0 Å². The van der Waals surface area contributed by atoms with E-state index in [0.717, 1.165) is 22.7 Å². The summed E-state index contributed by atoms with van der Waals surface area (Å²) in [6.45, 7) is 0. The molecule has 0 bridgehead atoms. The molecule has 10 rings (SSSR count). The van der Waals surface area contributed by atoms with E-state index in [9.17, 15) is 0 Å². The highest BCUT2D eigenvalue weighted by Gasteiger charge is 2.21. The fourth-order valence-electron chi connectivity index (χ4n) is 8.14. The molecule has 0 atom stereocenters. The molecular weight excluding hydrogens is 677 g/mol. The summed E-state index contributed by atoms with van der Waals surface area (Å²) in [4.78, 5) is 2.40. The number of fused-ring (bicyclic) bond motifs is 3. The van der Waals surface area contributed by atoms with Crippen LogP contribution in [-0.4, -0.2) is 4.57 Å². The summed E-state index contributed by atoms with van der Waals surface area (Å²) in [5.74, 6) is 0. The summed E-state index contributed by atoms with van der Waals surface area (Å²) in [5, 5.41) is 2.48. The predicted molar refractivity (Wildman–Crippen MR) is 237 cm³/mol. The van der Waals surface area contributed by atoms with Gasteiger partial charge in [0.25, 0.3) is 0 Å². The van der Waals surface area contributed by atoms with Crippen LogP contribution >= 0.6 is 0 Å². The first kappa shape index (κ1) is 33.2. The Hall–Kier alpha value is -7.42. The zero-order valence-corrected chi connectivity index (χ0v) is 30.8. The molecule has 0 fully saturated rings. The van der Waals surface area contributed by atoms with Gasteiger partial charge in [-0.1, -0.05) is 176 Å². The molecule has 0 N–H and O–H groups in total. The molecule has 1 aromatic heterocycles. The Morgan fingerprint density at radius 1 is 0.286 bits per heavy atom. The number of nitrogens with zero attached hydrogens (tertiary/aromatic N) is 2. The Morgan fingerprint density at radius 3 is 1.27 bits per heavy atom. The number of para-hydroxylation sites is 3. The molecule has 264 valence electrons. The van der Waals surface area contributed by atoms with Gasteiger partial charge in [-0.05, 0) is 93.5 Å². The van der Waals surface area contributed by atoms with Crippen molar-refractivity contribution in [2.45, 2.75) is 0 Å². The van der Waals surface area contributed by atoms with Crippen molar-refractivity contribution in [1.29, 1.82) is 0 Å². The minimum absolute atomic E-state index is 1.09. The van der Waals surface area contributed by atoms with Gasteiger partial charge in [0.15, 0.2) is 0 Å². The van der Waals surface area contributed by atoms with Crippen LogP contribution in [-0.2, 0) is 0 Å². The minimum Gasteiger partial charge on any atom is -0.310 e. The summed E-state index contributed by atoms with van der Waals surface area (Å²) in [6, 6.07) is 83.0. The second-order valence-electron chi connectivity index (χ2n) is 14.1. The molecule has 0 spiro atoms. The molecule has 0 aliphatic heterocycles. The molecule has 10 aromatic rings. The van der Waals surface area contributed by atoms with Crippen LogP contribution in [0, 0.1) is 0 Å². The Labute approximate surface area is 327 Å². The van der Waals surface area contributed by atoms with E-state index in [-0.39, 0.29) is 0 Å². The van der Waals surface area contributed by atoms with Gasteiger partial charge < -0.3 is 9.47 Å². The first-order valence-electron chi connectivity index (χ1n) is 19.2. The molecule has 2 nitrogen and oxygen atoms in total. The van der Waals surface area contributed by atoms with Crippen molar-refractivity contribution in [2.75, 3.05) is 4.90 Å². The first-order valence-corrected chi connectivity index (χ1v) is 19.2. The second-order valence-corrected chi connectivity index (χ2v) is 14.1. The molecule has 9 aromatic carbocycles. The maximum Gasteiger partial charge on any atom is 0.0547 e. The summed E-state index contributed by atoms with van der Waals surface area (Å²) in [7, 11) is 0. The highest BCUT2D eigenvalue weighted by atomic mass is 15.1. The van der Waals surface area contributed by atoms with E-state index in [1.165, 1.54) is 66.3 Å². The third kappa shape index (κ3) is 6.04. The molecule has 1 heterocycles. The van der Waals surface area contributed by atoms with E-state index in [1.54, 1.807) is 0 Å². The third-order valence-corrected chi connectivity index (χ3v) is 10.8. The number of hydrogen-bond donors (Lipinski definition) is 0. The quantitative estimate of drug-likeness (QED) is 0.152. The van der Waals surface area contributed by atoms with Crippen LogP contribution in [0.15, 0.2) is 231 Å². The summed E-state index contributed by atoms with van der Waals surface area (Å²) in [6.07, 6.45) is 0. The summed E-state index contributed by atoms with van der Waals surface area (Å²) >= 11 is 0. The maximum atomic E-state index is 2.40. The number of rotatable bonds is 8. The monoisotopic (exact) mass is 714 g/mol. The molecular formula is C54H38N2. The van der Waals surface area contributed by atoms with E-state index in [0.29, 0.717) is 0 Å². The predicted octanol–water partition coefficient (Wildman–Crippen LogP) is 14.9. The van der Waals surface area contributed by atoms with Gasteiger partial charge in [0.2, 0.25) is 0 Å². The average molecular weight is 715 g/mol. The lowest BCUT2D eigenvalue weighted by Crippen LogP contribution is -2.11. The van der Waals surface area contributed by atoms with Crippen molar-refractivity contribution >= 4 is 38.9 Å². The van der Waals surface area contributed by atoms with Crippen molar-refractivity contribution < 1.29 is 0 Å². The lowest BCUT2D eigenvalue weighted by Gasteiger charge is -2.28. The minimum atomic E-state index is 1.09. The van der Waals surface area contributed by atoms with Crippen molar-refractivity contribution in [3.63, 3.8) is 0 Å². The zero-order chi connectivity index (χ0) is 37.3. The Kier molecular flexibility index (Phi) is 8.55. The van der Waals surface area contributed by atoms with E-state index in [2.05, 4.69) is 240 Å². The SMILES string of the molecule is c1ccc(-c2ccc(-c3ccc(N(c4ccc(-c5ccccc5)cc4)c4ccccc4-c4cccc5c4c4ccccc4n5-c4ccccc4)cc3)cc2)cc1. The summed E-state index contributed by atoms with van der Waals surface area (Å²) < 4.78 is 2.39. The van der Waals surface area contributed by atoms with Crippen LogP contribution in [0.3, 0.4) is 0 Å². The fourth-order valence-corrected chi connectivity index (χ4v) is 8.14. The number of anilines is 3. The lowest BCUT2D eigenvalue weighted by atomic mass is 9.96. The molecule has 0 saturated heterocycles. The Bertz CT molecular complexity index is 2910. The van der Waals surface area contributed by atoms with Gasteiger partial charge in [-0.2, -0.15) is 0 Å². The van der Waals surface area contributed by atoms with Crippen molar-refractivity contribution in [3.05, 3.63) is 231 Å². The first-order chi connectivity index (χ1) is 27.8. The van der Waals surface area contributed by atoms with E-state index < -0.39 is 0 Å². The topological polar surface area (TPSA) is 8.17 Å². The third-order valence-electron chi connectivity index (χ3n) is 10.8. The van der Waals surface area contributed by atoms with Crippen LogP contribution in [0.25, 0.3) is 72.0 Å². The molecule has 0 aliphatic rings. The smallest absolute Gasteiger partial charge is 0.0547 e. The normalized spacial score (nSPS) is 11.2. The van der Waals surface area contributed by atoms with E-state index in [1.807, 2.05) is 0 Å². The van der Waals surface area contributed by atoms with Crippen molar-refractivity contribution in [1.82, 2.24) is 4.57 Å². The zero-order valence-electron chi connectivity index (χ0n) is 30.8. The van der Waals surface area contributed by atoms with Gasteiger partial charge in [-0.15, -0.1) is 0 Å². The number of hydrogen-bond acceptors (Lipinski definition) is 1. The molecule has 0 saturated carbocycles. The molecule has 0 aliphatic carbocycles. The van der Waals surface area contributed by atoms with Gasteiger partial charge in [-0.3, -0.25) is 0 Å². The molecule has 0 unspecified atom stereocenters. The van der Waals surface area contributed by atoms with Crippen LogP contribution < -0.4 is 4.90 Å². The standard InChI is InChI=1S/C54H38N2/c1-4-15-39(16-5-1)41-27-29-42(30-28-41)44-33-37-47(38-34-44)55(46-35-31-43(32-36-46)40-17-6-2-7-18-40)51-24-12-10-21-48(51)49-23-14-26-53-54(49)50-22-11-13-25-52(50)56(53)45-19-8-3-9-20-45/h1-38H. The van der Waals surface area contributed by atoms with Crippen LogP contribution in [0.2, 0.25) is 0 Å². The van der Waals surface area contributed by atoms with Gasteiger partial charge in [0.05, 0.1) is 16.7 Å². The van der Waals surface area contributed by atoms with Crippen LogP contribution in [0.4, 0.5) is 17.1 Å². The average Bonchev–Trinajstić information content (AvgIpc) is 3.63. The van der Waals surface area contributed by atoms with Crippen molar-refractivity contribution in [3.8, 4) is 50.2 Å². The van der Waals surface area contributed by atoms with Crippen LogP contribution in [0.5, 0.6) is 0 Å². The summed E-state index contributed by atoms with van der Waals surface area (Å²) in [5.41, 5.74) is 16.4. The van der Waals surface area contributed by atoms with Gasteiger partial charge in [0.1, 0.15) is 0 Å². The number of aromatic nitrogens is 1. The van der Waals surface area contributed by atoms with Gasteiger partial charge >= 0.3 is 0 Å². The molecule has 0 radical (unpaired) electrons. The second kappa shape index (κ2) is 14.4. The van der Waals surface area contributed by atoms with Gasteiger partial charge in [-0.25, -0.2) is 0 Å². The highest BCUT2D eigenvalue weighted by Crippen LogP contribution is 2.45. The Morgan fingerprint density at radius 2 is 0.696 bits per heavy atom. The van der Waals surface area contributed by atoms with E-state index in [4.69, 9.17) is 0 Å². The van der Waals surface area contributed by atoms with Crippen LogP contribution in [0.1, 0.15) is 0 Å². The van der Waals surface area contributed by atoms with E-state index >= 15 is 0 Å². The molecule has 2 heteroatoms. The maximum absolute atomic E-state index is 2.40. The molecule has 56 heavy (non-hydrogen) atoms. The molecule has 0 amide bonds. The van der Waals surface area contributed by atoms with Gasteiger partial charge in [0, 0.05) is 33.4 Å². The lowest BCUT2D eigenvalue weighted by molar-refractivity contribution is 1.18. The fraction of sp³-hybridized carbons (Fsp3) is 0.